The van der Waals surface area contributed by atoms with E-state index in [2.05, 4.69) is 14.7 Å². The van der Waals surface area contributed by atoms with Crippen molar-refractivity contribution in [1.29, 1.82) is 0 Å². The summed E-state index contributed by atoms with van der Waals surface area (Å²) in [6.07, 6.45) is -8.65. The Morgan fingerprint density at radius 1 is 1.04 bits per heavy atom. The van der Waals surface area contributed by atoms with Gasteiger partial charge in [-0.2, -0.15) is 17.6 Å². The summed E-state index contributed by atoms with van der Waals surface area (Å²) in [6.45, 7) is 0. The fraction of sp³-hybridized carbons (Fsp3) is 0.125. The van der Waals surface area contributed by atoms with Gasteiger partial charge in [0.15, 0.2) is 0 Å². The minimum atomic E-state index is -4.66. The van der Waals surface area contributed by atoms with E-state index in [1.54, 1.807) is 24.3 Å². The number of H-pyrrole nitrogens is 1. The van der Waals surface area contributed by atoms with Crippen LogP contribution in [0.25, 0.3) is 22.3 Å². The van der Waals surface area contributed by atoms with Gasteiger partial charge in [-0.3, -0.25) is 4.79 Å². The number of hydrogen-bond donors (Lipinski definition) is 1. The number of hydrogen-bond acceptors (Lipinski definition) is 3. The molecule has 0 aliphatic heterocycles. The first-order valence-electron chi connectivity index (χ1n) is 6.82. The molecule has 0 radical (unpaired) electrons. The summed E-state index contributed by atoms with van der Waals surface area (Å²) < 4.78 is 55.3. The maximum atomic E-state index is 13.2. The van der Waals surface area contributed by atoms with Crippen LogP contribution in [0.3, 0.4) is 0 Å². The monoisotopic (exact) mass is 338 g/mol. The van der Waals surface area contributed by atoms with E-state index in [9.17, 15) is 22.4 Å². The largest absolute Gasteiger partial charge is 0.461 e. The van der Waals surface area contributed by atoms with Crippen LogP contribution in [0.1, 0.15) is 0 Å². The molecule has 4 nitrogen and oxygen atoms in total. The molecule has 0 aliphatic rings. The van der Waals surface area contributed by atoms with Crippen LogP contribution in [-0.4, -0.2) is 22.5 Å². The molecule has 0 bridgehead atoms. The predicted octanol–water partition coefficient (Wildman–Crippen LogP) is 3.83. The molecule has 0 atom stereocenters. The number of alkyl halides is 4. The normalized spacial score (nSPS) is 11.9. The Labute approximate surface area is 132 Å². The van der Waals surface area contributed by atoms with Crippen molar-refractivity contribution in [2.24, 2.45) is 0 Å². The number of para-hydroxylation sites is 2. The van der Waals surface area contributed by atoms with Gasteiger partial charge in [-0.25, -0.2) is 4.98 Å². The number of ether oxygens (including phenoxy) is 1. The smallest absolute Gasteiger partial charge is 0.428 e. The molecule has 3 rings (SSSR count). The van der Waals surface area contributed by atoms with Crippen LogP contribution in [0.4, 0.5) is 17.6 Å². The highest BCUT2D eigenvalue weighted by molar-refractivity contribution is 5.80. The van der Waals surface area contributed by atoms with Gasteiger partial charge in [0, 0.05) is 0 Å². The lowest BCUT2D eigenvalue weighted by Crippen LogP contribution is -2.33. The van der Waals surface area contributed by atoms with Gasteiger partial charge in [-0.1, -0.05) is 24.3 Å². The first-order valence-corrected chi connectivity index (χ1v) is 6.82. The zero-order valence-corrected chi connectivity index (χ0v) is 12.0. The average molecular weight is 338 g/mol. The molecule has 24 heavy (non-hydrogen) atoms. The predicted molar refractivity (Wildman–Crippen MR) is 79.4 cm³/mol. The highest BCUT2D eigenvalue weighted by Gasteiger charge is 2.44. The Balaban J connectivity index is 2.12. The van der Waals surface area contributed by atoms with Gasteiger partial charge < -0.3 is 9.72 Å². The van der Waals surface area contributed by atoms with E-state index in [4.69, 9.17) is 0 Å². The van der Waals surface area contributed by atoms with Gasteiger partial charge in [0.1, 0.15) is 11.6 Å². The molecule has 8 heteroatoms. The van der Waals surface area contributed by atoms with Crippen LogP contribution in [-0.2, 0) is 0 Å². The van der Waals surface area contributed by atoms with Crippen LogP contribution in [0.15, 0.2) is 53.3 Å². The number of aromatic amines is 1. The number of nitrogens with one attached hydrogen (secondary N) is 1. The van der Waals surface area contributed by atoms with Gasteiger partial charge in [0.05, 0.1) is 16.5 Å². The molecule has 1 heterocycles. The Kier molecular flexibility index (Phi) is 3.96. The van der Waals surface area contributed by atoms with E-state index in [-0.39, 0.29) is 11.4 Å². The number of halogens is 4. The number of aromatic nitrogens is 2. The van der Waals surface area contributed by atoms with Gasteiger partial charge in [-0.15, -0.1) is 0 Å². The van der Waals surface area contributed by atoms with Crippen LogP contribution in [0, 0.1) is 0 Å². The van der Waals surface area contributed by atoms with Crippen LogP contribution in [0.2, 0.25) is 0 Å². The maximum absolute atomic E-state index is 13.2. The molecule has 0 saturated heterocycles. The van der Waals surface area contributed by atoms with Gasteiger partial charge in [0.2, 0.25) is 0 Å². The number of rotatable bonds is 4. The summed E-state index contributed by atoms with van der Waals surface area (Å²) in [5, 5.41) is 0.317. The highest BCUT2D eigenvalue weighted by Crippen LogP contribution is 2.33. The summed E-state index contributed by atoms with van der Waals surface area (Å²) >= 11 is 0. The van der Waals surface area contributed by atoms with Crippen molar-refractivity contribution in [3.63, 3.8) is 0 Å². The van der Waals surface area contributed by atoms with Crippen molar-refractivity contribution >= 4 is 10.9 Å². The zero-order valence-electron chi connectivity index (χ0n) is 12.0. The molecule has 3 aromatic rings. The second-order valence-corrected chi connectivity index (χ2v) is 4.89. The summed E-state index contributed by atoms with van der Waals surface area (Å²) in [5.74, 6) is -0.569. The summed E-state index contributed by atoms with van der Waals surface area (Å²) in [5.41, 5.74) is -0.168. The van der Waals surface area contributed by atoms with Crippen LogP contribution >= 0.6 is 0 Å². The van der Waals surface area contributed by atoms with Crippen molar-refractivity contribution in [3.8, 4) is 17.1 Å². The number of benzene rings is 2. The van der Waals surface area contributed by atoms with Crippen molar-refractivity contribution < 1.29 is 22.3 Å². The standard InChI is InChI=1S/C16H10F4N2O2/c17-15(18)16(19,20)24-12-8-4-2-6-10(12)13-21-11-7-3-1-5-9(11)14(23)22-13/h1-8,15H,(H,21,22,23). The van der Waals surface area contributed by atoms with E-state index in [0.29, 0.717) is 10.9 Å². The molecule has 0 aliphatic carbocycles. The lowest BCUT2D eigenvalue weighted by molar-refractivity contribution is -0.253. The lowest BCUT2D eigenvalue weighted by Gasteiger charge is -2.18. The third kappa shape index (κ3) is 2.94. The fourth-order valence-electron chi connectivity index (χ4n) is 2.16. The molecule has 2 aromatic carbocycles. The zero-order chi connectivity index (χ0) is 17.3. The molecule has 124 valence electrons. The summed E-state index contributed by atoms with van der Waals surface area (Å²) in [4.78, 5) is 18.7. The Hall–Kier alpha value is -2.90. The molecule has 0 saturated carbocycles. The SMILES string of the molecule is O=c1[nH]c(-c2ccccc2OC(F)(F)C(F)F)nc2ccccc12. The van der Waals surface area contributed by atoms with E-state index < -0.39 is 23.8 Å². The maximum Gasteiger partial charge on any atom is 0.461 e. The van der Waals surface area contributed by atoms with Gasteiger partial charge in [-0.05, 0) is 24.3 Å². The quantitative estimate of drug-likeness (QED) is 0.736. The molecule has 1 N–H and O–H groups in total. The second kappa shape index (κ2) is 5.95. The van der Waals surface area contributed by atoms with E-state index >= 15 is 0 Å². The summed E-state index contributed by atoms with van der Waals surface area (Å²) in [6, 6.07) is 11.7. The Morgan fingerprint density at radius 3 is 2.46 bits per heavy atom. The highest BCUT2D eigenvalue weighted by atomic mass is 19.3. The third-order valence-electron chi connectivity index (χ3n) is 3.26. The Morgan fingerprint density at radius 2 is 1.71 bits per heavy atom. The molecular weight excluding hydrogens is 328 g/mol. The first kappa shape index (κ1) is 16.0. The van der Waals surface area contributed by atoms with Crippen LogP contribution < -0.4 is 10.3 Å². The van der Waals surface area contributed by atoms with Gasteiger partial charge >= 0.3 is 12.5 Å². The number of nitrogens with zero attached hydrogens (tertiary/aromatic N) is 1. The van der Waals surface area contributed by atoms with Crippen molar-refractivity contribution in [2.75, 3.05) is 0 Å². The molecule has 1 aromatic heterocycles. The topological polar surface area (TPSA) is 55.0 Å². The molecule has 0 spiro atoms. The molecule has 0 amide bonds. The molecule has 0 unspecified atom stereocenters. The van der Waals surface area contributed by atoms with Crippen molar-refractivity contribution in [2.45, 2.75) is 12.5 Å². The first-order chi connectivity index (χ1) is 11.4. The summed E-state index contributed by atoms with van der Waals surface area (Å²) in [7, 11) is 0. The van der Waals surface area contributed by atoms with E-state index in [1.165, 1.54) is 18.2 Å². The van der Waals surface area contributed by atoms with E-state index in [0.717, 1.165) is 6.07 Å². The number of fused-ring (bicyclic) bond motifs is 1. The second-order valence-electron chi connectivity index (χ2n) is 4.89. The van der Waals surface area contributed by atoms with Crippen molar-refractivity contribution in [3.05, 3.63) is 58.9 Å². The van der Waals surface area contributed by atoms with Crippen LogP contribution in [0.5, 0.6) is 5.75 Å². The minimum absolute atomic E-state index is 0.0271. The fourth-order valence-corrected chi connectivity index (χ4v) is 2.16. The lowest BCUT2D eigenvalue weighted by atomic mass is 10.1. The average Bonchev–Trinajstić information content (AvgIpc) is 2.55. The van der Waals surface area contributed by atoms with Crippen molar-refractivity contribution in [1.82, 2.24) is 9.97 Å². The molecular formula is C16H10F4N2O2. The van der Waals surface area contributed by atoms with Gasteiger partial charge in [0.25, 0.3) is 5.56 Å². The molecule has 0 fully saturated rings. The third-order valence-corrected chi connectivity index (χ3v) is 3.26. The Bertz CT molecular complexity index is 941. The minimum Gasteiger partial charge on any atom is -0.428 e. The van der Waals surface area contributed by atoms with E-state index in [1.807, 2.05) is 0 Å².